The summed E-state index contributed by atoms with van der Waals surface area (Å²) in [6.45, 7) is -0.322. The summed E-state index contributed by atoms with van der Waals surface area (Å²) < 4.78 is 46.5. The second-order valence-corrected chi connectivity index (χ2v) is 7.20. The molecule has 2 aromatic carbocycles. The van der Waals surface area contributed by atoms with Gasteiger partial charge in [0.1, 0.15) is 23.2 Å². The number of aliphatic carboxylic acids is 1. The van der Waals surface area contributed by atoms with Crippen molar-refractivity contribution in [2.24, 2.45) is 11.7 Å². The Labute approximate surface area is 170 Å². The Morgan fingerprint density at radius 2 is 1.70 bits per heavy atom. The Morgan fingerprint density at radius 3 is 2.27 bits per heavy atom. The van der Waals surface area contributed by atoms with Gasteiger partial charge < -0.3 is 20.9 Å². The molecule has 0 unspecified atom stereocenters. The SMILES string of the molecule is NC(=O)c1cc(OC2CCC(C(=O)O)CC2)ccc1NCc1c(F)cc(F)cc1F. The number of benzene rings is 2. The molecule has 0 aromatic heterocycles. The lowest BCUT2D eigenvalue weighted by molar-refractivity contribution is -0.143. The van der Waals surface area contributed by atoms with E-state index in [2.05, 4.69) is 5.32 Å². The molecule has 6 nitrogen and oxygen atoms in total. The van der Waals surface area contributed by atoms with Crippen molar-refractivity contribution >= 4 is 17.6 Å². The molecule has 1 aliphatic rings. The van der Waals surface area contributed by atoms with E-state index in [9.17, 15) is 22.8 Å². The molecule has 1 amide bonds. The molecule has 0 atom stereocenters. The van der Waals surface area contributed by atoms with Crippen molar-refractivity contribution < 1.29 is 32.6 Å². The first kappa shape index (κ1) is 21.5. The minimum atomic E-state index is -1.04. The Kier molecular flexibility index (Phi) is 6.49. The number of hydrogen-bond acceptors (Lipinski definition) is 4. The van der Waals surface area contributed by atoms with Gasteiger partial charge in [0.15, 0.2) is 0 Å². The second kappa shape index (κ2) is 9.06. The lowest BCUT2D eigenvalue weighted by Gasteiger charge is -2.27. The van der Waals surface area contributed by atoms with Gasteiger partial charge in [0, 0.05) is 29.9 Å². The van der Waals surface area contributed by atoms with Gasteiger partial charge in [0.25, 0.3) is 5.91 Å². The van der Waals surface area contributed by atoms with Crippen LogP contribution in [0, 0.1) is 23.4 Å². The zero-order valence-electron chi connectivity index (χ0n) is 16.0. The number of carbonyl (C=O) groups is 2. The van der Waals surface area contributed by atoms with E-state index in [0.717, 1.165) is 0 Å². The van der Waals surface area contributed by atoms with Gasteiger partial charge in [-0.25, -0.2) is 13.2 Å². The number of primary amides is 1. The number of anilines is 1. The first-order valence-corrected chi connectivity index (χ1v) is 9.45. The fourth-order valence-corrected chi connectivity index (χ4v) is 3.50. The predicted octanol–water partition coefficient (Wildman–Crippen LogP) is 3.84. The van der Waals surface area contributed by atoms with Crippen molar-refractivity contribution in [3.8, 4) is 5.75 Å². The number of carboxylic acids is 1. The average molecular weight is 422 g/mol. The molecule has 0 heterocycles. The van der Waals surface area contributed by atoms with Crippen molar-refractivity contribution in [3.05, 3.63) is 58.9 Å². The van der Waals surface area contributed by atoms with E-state index in [1.165, 1.54) is 12.1 Å². The van der Waals surface area contributed by atoms with Crippen LogP contribution in [-0.2, 0) is 11.3 Å². The van der Waals surface area contributed by atoms with Crippen molar-refractivity contribution in [1.29, 1.82) is 0 Å². The number of nitrogens with one attached hydrogen (secondary N) is 1. The quantitative estimate of drug-likeness (QED) is 0.629. The minimum Gasteiger partial charge on any atom is -0.490 e. The van der Waals surface area contributed by atoms with E-state index in [1.54, 1.807) is 6.07 Å². The van der Waals surface area contributed by atoms with Crippen LogP contribution in [0.25, 0.3) is 0 Å². The highest BCUT2D eigenvalue weighted by molar-refractivity contribution is 5.98. The first-order chi connectivity index (χ1) is 14.2. The standard InChI is InChI=1S/C21H21F3N2O4/c22-12-7-17(23)16(18(24)8-12)10-26-19-6-5-14(9-15(19)20(25)27)30-13-3-1-11(2-4-13)21(28)29/h5-9,11,13,26H,1-4,10H2,(H2,25,27)(H,28,29). The van der Waals surface area contributed by atoms with Gasteiger partial charge in [0.2, 0.25) is 0 Å². The monoisotopic (exact) mass is 422 g/mol. The van der Waals surface area contributed by atoms with Crippen LogP contribution in [0.3, 0.4) is 0 Å². The van der Waals surface area contributed by atoms with Gasteiger partial charge in [-0.2, -0.15) is 0 Å². The molecule has 1 saturated carbocycles. The Bertz CT molecular complexity index is 936. The molecule has 1 aliphatic carbocycles. The van der Waals surface area contributed by atoms with Gasteiger partial charge >= 0.3 is 5.97 Å². The van der Waals surface area contributed by atoms with Crippen LogP contribution in [0.2, 0.25) is 0 Å². The van der Waals surface area contributed by atoms with Gasteiger partial charge in [-0.3, -0.25) is 9.59 Å². The van der Waals surface area contributed by atoms with Crippen molar-refractivity contribution in [2.75, 3.05) is 5.32 Å². The summed E-state index contributed by atoms with van der Waals surface area (Å²) in [5, 5.41) is 11.8. The molecule has 3 rings (SSSR count). The fourth-order valence-electron chi connectivity index (χ4n) is 3.50. The molecule has 0 aliphatic heterocycles. The number of rotatable bonds is 7. The maximum absolute atomic E-state index is 13.8. The predicted molar refractivity (Wildman–Crippen MR) is 103 cm³/mol. The largest absolute Gasteiger partial charge is 0.490 e. The first-order valence-electron chi connectivity index (χ1n) is 9.45. The summed E-state index contributed by atoms with van der Waals surface area (Å²) >= 11 is 0. The second-order valence-electron chi connectivity index (χ2n) is 7.20. The zero-order chi connectivity index (χ0) is 21.8. The van der Waals surface area contributed by atoms with Crippen LogP contribution >= 0.6 is 0 Å². The highest BCUT2D eigenvalue weighted by Crippen LogP contribution is 2.30. The van der Waals surface area contributed by atoms with E-state index in [1.807, 2.05) is 0 Å². The Hall–Kier alpha value is -3.23. The number of hydrogen-bond donors (Lipinski definition) is 3. The van der Waals surface area contributed by atoms with E-state index >= 15 is 0 Å². The van der Waals surface area contributed by atoms with E-state index in [-0.39, 0.29) is 35.4 Å². The summed E-state index contributed by atoms with van der Waals surface area (Å²) in [5.41, 5.74) is 5.35. The molecule has 0 radical (unpaired) electrons. The molecule has 1 fully saturated rings. The lowest BCUT2D eigenvalue weighted by atomic mass is 9.87. The number of carboxylic acid groups (broad SMARTS) is 1. The molecule has 9 heteroatoms. The Balaban J connectivity index is 1.70. The number of amides is 1. The van der Waals surface area contributed by atoms with Gasteiger partial charge in [-0.05, 0) is 43.9 Å². The van der Waals surface area contributed by atoms with Crippen LogP contribution in [-0.4, -0.2) is 23.1 Å². The van der Waals surface area contributed by atoms with E-state index in [0.29, 0.717) is 43.6 Å². The van der Waals surface area contributed by atoms with Crippen LogP contribution in [0.5, 0.6) is 5.75 Å². The van der Waals surface area contributed by atoms with Crippen molar-refractivity contribution in [2.45, 2.75) is 38.3 Å². The topological polar surface area (TPSA) is 102 Å². The zero-order valence-corrected chi connectivity index (χ0v) is 16.0. The summed E-state index contributed by atoms with van der Waals surface area (Å²) in [6.07, 6.45) is 1.99. The van der Waals surface area contributed by atoms with Crippen molar-refractivity contribution in [1.82, 2.24) is 0 Å². The molecule has 2 aromatic rings. The summed E-state index contributed by atoms with van der Waals surface area (Å²) in [7, 11) is 0. The summed E-state index contributed by atoms with van der Waals surface area (Å²) in [5.74, 6) is -4.68. The highest BCUT2D eigenvalue weighted by Gasteiger charge is 2.27. The average Bonchev–Trinajstić information content (AvgIpc) is 2.68. The van der Waals surface area contributed by atoms with Crippen LogP contribution < -0.4 is 15.8 Å². The van der Waals surface area contributed by atoms with Crippen molar-refractivity contribution in [3.63, 3.8) is 0 Å². The van der Waals surface area contributed by atoms with Gasteiger partial charge in [-0.1, -0.05) is 0 Å². The molecular formula is C21H21F3N2O4. The van der Waals surface area contributed by atoms with Crippen LogP contribution in [0.15, 0.2) is 30.3 Å². The molecule has 0 saturated heterocycles. The molecule has 4 N–H and O–H groups in total. The third-order valence-electron chi connectivity index (χ3n) is 5.14. The maximum atomic E-state index is 13.8. The normalized spacial score (nSPS) is 18.6. The molecule has 160 valence electrons. The third kappa shape index (κ3) is 5.03. The van der Waals surface area contributed by atoms with E-state index in [4.69, 9.17) is 15.6 Å². The van der Waals surface area contributed by atoms with Crippen LogP contribution in [0.1, 0.15) is 41.6 Å². The smallest absolute Gasteiger partial charge is 0.306 e. The summed E-state index contributed by atoms with van der Waals surface area (Å²) in [4.78, 5) is 22.9. The number of carbonyl (C=O) groups excluding carboxylic acids is 1. The Morgan fingerprint density at radius 1 is 1.07 bits per heavy atom. The summed E-state index contributed by atoms with van der Waals surface area (Å²) in [6, 6.07) is 5.65. The van der Waals surface area contributed by atoms with Crippen LogP contribution in [0.4, 0.5) is 18.9 Å². The van der Waals surface area contributed by atoms with Gasteiger partial charge in [-0.15, -0.1) is 0 Å². The fraction of sp³-hybridized carbons (Fsp3) is 0.333. The minimum absolute atomic E-state index is 0.0645. The lowest BCUT2D eigenvalue weighted by Crippen LogP contribution is -2.28. The third-order valence-corrected chi connectivity index (χ3v) is 5.14. The molecule has 0 bridgehead atoms. The number of nitrogens with two attached hydrogens (primary N) is 1. The number of halogens is 3. The van der Waals surface area contributed by atoms with E-state index < -0.39 is 29.3 Å². The molecule has 0 spiro atoms. The highest BCUT2D eigenvalue weighted by atomic mass is 19.1. The molecular weight excluding hydrogens is 401 g/mol. The van der Waals surface area contributed by atoms with Gasteiger partial charge in [0.05, 0.1) is 17.6 Å². The maximum Gasteiger partial charge on any atom is 0.306 e. The number of ether oxygens (including phenoxy) is 1. The molecule has 30 heavy (non-hydrogen) atoms.